The highest BCUT2D eigenvalue weighted by Gasteiger charge is 2.17. The fourth-order valence-electron chi connectivity index (χ4n) is 2.85. The number of carbonyl (C=O) groups excluding carboxylic acids is 1. The number of nitrogens with zero attached hydrogens (tertiary/aromatic N) is 1. The van der Waals surface area contributed by atoms with Crippen molar-refractivity contribution >= 4 is 17.3 Å². The molecule has 0 aromatic heterocycles. The van der Waals surface area contributed by atoms with Crippen molar-refractivity contribution in [2.24, 2.45) is 0 Å². The summed E-state index contributed by atoms with van der Waals surface area (Å²) in [5, 5.41) is 13.6. The number of non-ortho nitro benzene ring substituents is 1. The number of anilines is 1. The standard InChI is InChI=1S/C21H17FN2O5/c1-28-18-11-16(23-21(25)14-4-3-5-17(10-14)24(26)27)12-19(29-2)20(18)13-6-8-15(22)9-7-13/h3-12H,1-2H3,(H,23,25). The Morgan fingerprint density at radius 3 is 2.17 bits per heavy atom. The van der Waals surface area contributed by atoms with Gasteiger partial charge in [-0.2, -0.15) is 0 Å². The predicted molar refractivity (Wildman–Crippen MR) is 106 cm³/mol. The predicted octanol–water partition coefficient (Wildman–Crippen LogP) is 4.67. The maximum absolute atomic E-state index is 13.3. The maximum atomic E-state index is 13.3. The highest BCUT2D eigenvalue weighted by atomic mass is 19.1. The van der Waals surface area contributed by atoms with Crippen LogP contribution in [0.5, 0.6) is 11.5 Å². The lowest BCUT2D eigenvalue weighted by Crippen LogP contribution is -2.12. The molecule has 0 bridgehead atoms. The Kier molecular flexibility index (Phi) is 5.73. The van der Waals surface area contributed by atoms with Crippen LogP contribution in [0, 0.1) is 15.9 Å². The largest absolute Gasteiger partial charge is 0.496 e. The molecule has 0 unspecified atom stereocenters. The summed E-state index contributed by atoms with van der Waals surface area (Å²) in [5.74, 6) is -0.0736. The minimum atomic E-state index is -0.569. The zero-order chi connectivity index (χ0) is 21.0. The summed E-state index contributed by atoms with van der Waals surface area (Å²) in [5.41, 5.74) is 1.61. The molecule has 7 nitrogen and oxygen atoms in total. The molecule has 29 heavy (non-hydrogen) atoms. The number of benzene rings is 3. The van der Waals surface area contributed by atoms with Gasteiger partial charge in [0, 0.05) is 35.5 Å². The SMILES string of the molecule is COc1cc(NC(=O)c2cccc([N+](=O)[O-])c2)cc(OC)c1-c1ccc(F)cc1. The first kappa shape index (κ1) is 19.8. The number of rotatable bonds is 6. The van der Waals surface area contributed by atoms with Gasteiger partial charge in [0.2, 0.25) is 0 Å². The van der Waals surface area contributed by atoms with Crippen LogP contribution in [0.4, 0.5) is 15.8 Å². The third kappa shape index (κ3) is 4.32. The van der Waals surface area contributed by atoms with Crippen molar-refractivity contribution in [3.8, 4) is 22.6 Å². The van der Waals surface area contributed by atoms with Gasteiger partial charge in [-0.3, -0.25) is 14.9 Å². The van der Waals surface area contributed by atoms with E-state index in [1.54, 1.807) is 24.3 Å². The number of nitrogens with one attached hydrogen (secondary N) is 1. The Morgan fingerprint density at radius 2 is 1.62 bits per heavy atom. The lowest BCUT2D eigenvalue weighted by atomic mass is 10.0. The Morgan fingerprint density at radius 1 is 1.00 bits per heavy atom. The number of methoxy groups -OCH3 is 2. The molecule has 1 amide bonds. The van der Waals surface area contributed by atoms with Crippen molar-refractivity contribution in [3.63, 3.8) is 0 Å². The van der Waals surface area contributed by atoms with E-state index in [4.69, 9.17) is 9.47 Å². The summed E-state index contributed by atoms with van der Waals surface area (Å²) < 4.78 is 24.1. The van der Waals surface area contributed by atoms with E-state index in [1.807, 2.05) is 0 Å². The molecular formula is C21H17FN2O5. The highest BCUT2D eigenvalue weighted by Crippen LogP contribution is 2.41. The van der Waals surface area contributed by atoms with E-state index in [2.05, 4.69) is 5.32 Å². The van der Waals surface area contributed by atoms with Gasteiger partial charge >= 0.3 is 0 Å². The molecule has 3 aromatic carbocycles. The maximum Gasteiger partial charge on any atom is 0.270 e. The summed E-state index contributed by atoms with van der Waals surface area (Å²) in [6.45, 7) is 0. The van der Waals surface area contributed by atoms with Gasteiger partial charge in [-0.05, 0) is 23.8 Å². The third-order valence-electron chi connectivity index (χ3n) is 4.22. The van der Waals surface area contributed by atoms with E-state index in [9.17, 15) is 19.3 Å². The number of nitro benzene ring substituents is 1. The van der Waals surface area contributed by atoms with Gasteiger partial charge in [-0.25, -0.2) is 4.39 Å². The van der Waals surface area contributed by atoms with E-state index in [-0.39, 0.29) is 17.1 Å². The number of halogens is 1. The molecule has 148 valence electrons. The van der Waals surface area contributed by atoms with Gasteiger partial charge in [0.05, 0.1) is 24.7 Å². The molecule has 0 aliphatic heterocycles. The van der Waals surface area contributed by atoms with Gasteiger partial charge in [-0.15, -0.1) is 0 Å². The first-order valence-electron chi connectivity index (χ1n) is 8.50. The van der Waals surface area contributed by atoms with Crippen LogP contribution in [0.25, 0.3) is 11.1 Å². The summed E-state index contributed by atoms with van der Waals surface area (Å²) in [4.78, 5) is 22.9. The molecule has 3 rings (SSSR count). The van der Waals surface area contributed by atoms with Gasteiger partial charge in [-0.1, -0.05) is 18.2 Å². The average Bonchev–Trinajstić information content (AvgIpc) is 2.73. The summed E-state index contributed by atoms with van der Waals surface area (Å²) in [6, 6.07) is 14.4. The zero-order valence-electron chi connectivity index (χ0n) is 15.6. The molecule has 0 atom stereocenters. The summed E-state index contributed by atoms with van der Waals surface area (Å²) in [6.07, 6.45) is 0. The molecule has 0 saturated heterocycles. The molecule has 0 saturated carbocycles. The normalized spacial score (nSPS) is 10.3. The monoisotopic (exact) mass is 396 g/mol. The fourth-order valence-corrected chi connectivity index (χ4v) is 2.85. The second-order valence-corrected chi connectivity index (χ2v) is 6.02. The van der Waals surface area contributed by atoms with Crippen molar-refractivity contribution in [1.82, 2.24) is 0 Å². The van der Waals surface area contributed by atoms with E-state index >= 15 is 0 Å². The molecule has 0 heterocycles. The van der Waals surface area contributed by atoms with E-state index in [0.717, 1.165) is 0 Å². The number of hydrogen-bond acceptors (Lipinski definition) is 5. The number of hydrogen-bond donors (Lipinski definition) is 1. The Hall–Kier alpha value is -3.94. The average molecular weight is 396 g/mol. The number of carbonyl (C=O) groups is 1. The van der Waals surface area contributed by atoms with Gasteiger partial charge in [0.1, 0.15) is 17.3 Å². The Labute approximate surface area is 165 Å². The molecule has 3 aromatic rings. The van der Waals surface area contributed by atoms with Crippen molar-refractivity contribution in [2.75, 3.05) is 19.5 Å². The fraction of sp³-hybridized carbons (Fsp3) is 0.0952. The van der Waals surface area contributed by atoms with Crippen LogP contribution in [0.1, 0.15) is 10.4 Å². The Balaban J connectivity index is 1.96. The van der Waals surface area contributed by atoms with Crippen molar-refractivity contribution in [1.29, 1.82) is 0 Å². The van der Waals surface area contributed by atoms with Gasteiger partial charge in [0.25, 0.3) is 11.6 Å². The second-order valence-electron chi connectivity index (χ2n) is 6.02. The van der Waals surface area contributed by atoms with Crippen LogP contribution in [-0.4, -0.2) is 25.1 Å². The molecule has 0 aliphatic carbocycles. The van der Waals surface area contributed by atoms with Crippen LogP contribution in [0.15, 0.2) is 60.7 Å². The zero-order valence-corrected chi connectivity index (χ0v) is 15.6. The highest BCUT2D eigenvalue weighted by molar-refractivity contribution is 6.05. The van der Waals surface area contributed by atoms with Gasteiger partial charge < -0.3 is 14.8 Å². The topological polar surface area (TPSA) is 90.7 Å². The lowest BCUT2D eigenvalue weighted by Gasteiger charge is -2.16. The minimum Gasteiger partial charge on any atom is -0.496 e. The first-order valence-corrected chi connectivity index (χ1v) is 8.50. The quantitative estimate of drug-likeness (QED) is 0.483. The van der Waals surface area contributed by atoms with E-state index in [0.29, 0.717) is 28.3 Å². The van der Waals surface area contributed by atoms with E-state index in [1.165, 1.54) is 50.6 Å². The third-order valence-corrected chi connectivity index (χ3v) is 4.22. The van der Waals surface area contributed by atoms with Crippen LogP contribution < -0.4 is 14.8 Å². The minimum absolute atomic E-state index is 0.139. The number of nitro groups is 1. The molecule has 1 N–H and O–H groups in total. The van der Waals surface area contributed by atoms with Crippen molar-refractivity contribution in [2.45, 2.75) is 0 Å². The van der Waals surface area contributed by atoms with Crippen LogP contribution >= 0.6 is 0 Å². The molecule has 0 spiro atoms. The van der Waals surface area contributed by atoms with Crippen molar-refractivity contribution < 1.29 is 23.6 Å². The number of amides is 1. The first-order chi connectivity index (χ1) is 13.9. The molecule has 0 fully saturated rings. The number of ether oxygens (including phenoxy) is 2. The molecule has 8 heteroatoms. The van der Waals surface area contributed by atoms with Crippen LogP contribution in [-0.2, 0) is 0 Å². The summed E-state index contributed by atoms with van der Waals surface area (Å²) in [7, 11) is 2.93. The summed E-state index contributed by atoms with van der Waals surface area (Å²) >= 11 is 0. The van der Waals surface area contributed by atoms with Crippen LogP contribution in [0.3, 0.4) is 0 Å². The van der Waals surface area contributed by atoms with E-state index < -0.39 is 10.8 Å². The van der Waals surface area contributed by atoms with Crippen LogP contribution in [0.2, 0.25) is 0 Å². The van der Waals surface area contributed by atoms with Crippen molar-refractivity contribution in [3.05, 3.63) is 82.2 Å². The smallest absolute Gasteiger partial charge is 0.270 e. The second kappa shape index (κ2) is 8.39. The molecule has 0 radical (unpaired) electrons. The lowest BCUT2D eigenvalue weighted by molar-refractivity contribution is -0.384. The Bertz CT molecular complexity index is 1040. The van der Waals surface area contributed by atoms with Gasteiger partial charge in [0.15, 0.2) is 0 Å². The molecule has 0 aliphatic rings. The molecular weight excluding hydrogens is 379 g/mol.